The third-order valence-corrected chi connectivity index (χ3v) is 2.68. The van der Waals surface area contributed by atoms with Gasteiger partial charge in [-0.3, -0.25) is 4.79 Å². The van der Waals surface area contributed by atoms with Crippen molar-refractivity contribution in [1.82, 2.24) is 0 Å². The quantitative estimate of drug-likeness (QED) is 0.206. The van der Waals surface area contributed by atoms with E-state index in [1.54, 1.807) is 6.92 Å². The van der Waals surface area contributed by atoms with Crippen LogP contribution in [-0.4, -0.2) is 42.1 Å². The summed E-state index contributed by atoms with van der Waals surface area (Å²) in [4.78, 5) is 32.0. The van der Waals surface area contributed by atoms with Crippen LogP contribution in [-0.2, 0) is 24.0 Å². The molecule has 0 aromatic rings. The second-order valence-electron chi connectivity index (χ2n) is 5.12. The Balaban J connectivity index is 4.28. The largest absolute Gasteiger partial charge is 0.505 e. The topological polar surface area (TPSA) is 91.3 Å². The first-order chi connectivity index (χ1) is 9.68. The van der Waals surface area contributed by atoms with E-state index in [0.717, 1.165) is 0 Å². The van der Waals surface area contributed by atoms with Crippen molar-refractivity contribution in [2.24, 2.45) is 0 Å². The van der Waals surface area contributed by atoms with Gasteiger partial charge in [-0.2, -0.15) is 0 Å². The Morgan fingerprint density at radius 2 is 1.95 bits per heavy atom. The average Bonchev–Trinajstić information content (AvgIpc) is 2.40. The summed E-state index contributed by atoms with van der Waals surface area (Å²) in [6.45, 7) is 10.4. The Kier molecular flexibility index (Phi) is 8.84. The molecule has 0 aliphatic heterocycles. The normalized spacial score (nSPS) is 12.8. The van der Waals surface area contributed by atoms with Crippen LogP contribution in [0, 0.1) is 0 Å². The summed E-state index contributed by atoms with van der Waals surface area (Å²) in [5.74, 6) is -0.136. The van der Waals surface area contributed by atoms with E-state index in [2.05, 4.69) is 11.3 Å². The predicted molar refractivity (Wildman–Crippen MR) is 74.7 cm³/mol. The maximum Gasteiger partial charge on any atom is 0.505 e. The van der Waals surface area contributed by atoms with Crippen LogP contribution in [0.15, 0.2) is 12.2 Å². The second-order valence-corrected chi connectivity index (χ2v) is 5.12. The molecule has 7 nitrogen and oxygen atoms in total. The number of hydrogen-bond acceptors (Lipinski definition) is 6. The molecule has 0 rings (SSSR count). The van der Waals surface area contributed by atoms with Crippen LogP contribution < -0.4 is 0 Å². The van der Waals surface area contributed by atoms with Gasteiger partial charge < -0.3 is 14.6 Å². The first-order valence-corrected chi connectivity index (χ1v) is 6.68. The van der Waals surface area contributed by atoms with Crippen molar-refractivity contribution in [2.45, 2.75) is 52.4 Å². The minimum absolute atomic E-state index is 0.0508. The molecule has 0 fully saturated rings. The van der Waals surface area contributed by atoms with Gasteiger partial charge in [0.1, 0.15) is 6.61 Å². The Bertz CT molecular complexity index is 362. The Morgan fingerprint density at radius 3 is 2.43 bits per heavy atom. The molecule has 122 valence electrons. The van der Waals surface area contributed by atoms with Crippen LogP contribution in [0.25, 0.3) is 0 Å². The van der Waals surface area contributed by atoms with Gasteiger partial charge in [-0.15, -0.1) is 0 Å². The van der Waals surface area contributed by atoms with Gasteiger partial charge in [-0.25, -0.2) is 14.6 Å². The lowest BCUT2D eigenvalue weighted by Crippen LogP contribution is -2.31. The van der Waals surface area contributed by atoms with Gasteiger partial charge in [0.25, 0.3) is 0 Å². The Hall–Kier alpha value is -1.44. The molecule has 0 aromatic heterocycles. The van der Waals surface area contributed by atoms with E-state index >= 15 is 0 Å². The van der Waals surface area contributed by atoms with Crippen molar-refractivity contribution >= 4 is 11.9 Å². The molecule has 0 aliphatic rings. The van der Waals surface area contributed by atoms with E-state index in [-0.39, 0.29) is 25.4 Å². The van der Waals surface area contributed by atoms with Crippen LogP contribution in [0.2, 0.25) is 0 Å². The van der Waals surface area contributed by atoms with Gasteiger partial charge in [0, 0.05) is 6.42 Å². The molecule has 21 heavy (non-hydrogen) atoms. The molecule has 0 saturated heterocycles. The molecule has 1 N–H and O–H groups in total. The summed E-state index contributed by atoms with van der Waals surface area (Å²) >= 11 is 0. The zero-order chi connectivity index (χ0) is 16.5. The van der Waals surface area contributed by atoms with Gasteiger partial charge in [0.15, 0.2) is 5.78 Å². The predicted octanol–water partition coefficient (Wildman–Crippen LogP) is 2.70. The second kappa shape index (κ2) is 9.49. The molecule has 0 heterocycles. The number of hydrogen-bond donors (Lipinski definition) is 1. The van der Waals surface area contributed by atoms with Crippen LogP contribution >= 0.6 is 0 Å². The summed E-state index contributed by atoms with van der Waals surface area (Å²) < 4.78 is 9.65. The number of carbonyl (C=O) groups is 2. The fourth-order valence-corrected chi connectivity index (χ4v) is 0.982. The average molecular weight is 304 g/mol. The molecule has 1 atom stereocenters. The molecule has 0 aromatic carbocycles. The SMILES string of the molecule is C=C(C)C(=O)CCOC(COC(=O)O)OOC(C)(C)CC. The van der Waals surface area contributed by atoms with Crippen molar-refractivity contribution in [1.29, 1.82) is 0 Å². The fraction of sp³-hybridized carbons (Fsp3) is 0.714. The Labute approximate surface area is 124 Å². The van der Waals surface area contributed by atoms with Crippen LogP contribution in [0.1, 0.15) is 40.5 Å². The smallest absolute Gasteiger partial charge is 0.450 e. The maximum absolute atomic E-state index is 11.4. The minimum Gasteiger partial charge on any atom is -0.450 e. The molecule has 0 amide bonds. The monoisotopic (exact) mass is 304 g/mol. The van der Waals surface area contributed by atoms with Crippen molar-refractivity contribution < 1.29 is 33.9 Å². The highest BCUT2D eigenvalue weighted by molar-refractivity contribution is 5.94. The summed E-state index contributed by atoms with van der Waals surface area (Å²) in [7, 11) is 0. The van der Waals surface area contributed by atoms with E-state index in [4.69, 9.17) is 19.6 Å². The van der Waals surface area contributed by atoms with Gasteiger partial charge in [-0.1, -0.05) is 13.5 Å². The third-order valence-electron chi connectivity index (χ3n) is 2.68. The highest BCUT2D eigenvalue weighted by Gasteiger charge is 2.22. The number of carboxylic acid groups (broad SMARTS) is 1. The van der Waals surface area contributed by atoms with Gasteiger partial charge in [0.2, 0.25) is 6.29 Å². The standard InChI is InChI=1S/C14H24O7/c1-6-14(4,5)21-20-12(9-19-13(16)17)18-8-7-11(15)10(2)3/h12H,2,6-9H2,1,3-5H3,(H,16,17). The summed E-state index contributed by atoms with van der Waals surface area (Å²) in [6.07, 6.45) is -1.67. The molecular weight excluding hydrogens is 280 g/mol. The lowest BCUT2D eigenvalue weighted by molar-refractivity contribution is -0.422. The first kappa shape index (κ1) is 19.6. The number of rotatable bonds is 11. The highest BCUT2D eigenvalue weighted by Crippen LogP contribution is 2.15. The minimum atomic E-state index is -1.44. The Morgan fingerprint density at radius 1 is 1.33 bits per heavy atom. The van der Waals surface area contributed by atoms with E-state index in [9.17, 15) is 9.59 Å². The van der Waals surface area contributed by atoms with Gasteiger partial charge in [-0.05, 0) is 32.8 Å². The highest BCUT2D eigenvalue weighted by atomic mass is 17.2. The third kappa shape index (κ3) is 10.0. The van der Waals surface area contributed by atoms with Crippen molar-refractivity contribution in [3.05, 3.63) is 12.2 Å². The van der Waals surface area contributed by atoms with E-state index in [1.807, 2.05) is 20.8 Å². The summed E-state index contributed by atoms with van der Waals surface area (Å²) in [5.41, 5.74) is -0.112. The van der Waals surface area contributed by atoms with Gasteiger partial charge >= 0.3 is 6.16 Å². The van der Waals surface area contributed by atoms with Crippen LogP contribution in [0.4, 0.5) is 4.79 Å². The van der Waals surface area contributed by atoms with E-state index in [0.29, 0.717) is 12.0 Å². The lowest BCUT2D eigenvalue weighted by atomic mass is 10.1. The maximum atomic E-state index is 11.4. The zero-order valence-electron chi connectivity index (χ0n) is 13.0. The number of carbonyl (C=O) groups excluding carboxylic acids is 1. The zero-order valence-corrected chi connectivity index (χ0v) is 13.0. The molecule has 0 aliphatic carbocycles. The van der Waals surface area contributed by atoms with Crippen molar-refractivity contribution in [3.63, 3.8) is 0 Å². The number of ether oxygens (including phenoxy) is 2. The molecule has 0 spiro atoms. The number of allylic oxidation sites excluding steroid dienone is 1. The summed E-state index contributed by atoms with van der Waals surface area (Å²) in [6, 6.07) is 0. The summed E-state index contributed by atoms with van der Waals surface area (Å²) in [5, 5.41) is 8.48. The molecule has 0 saturated carbocycles. The van der Waals surface area contributed by atoms with Gasteiger partial charge in [0.05, 0.1) is 12.2 Å². The number of Topliss-reactive ketones (excluding diaryl/α,β-unsaturated/α-hetero) is 1. The number of ketones is 1. The lowest BCUT2D eigenvalue weighted by Gasteiger charge is -2.25. The van der Waals surface area contributed by atoms with E-state index < -0.39 is 18.0 Å². The van der Waals surface area contributed by atoms with Crippen LogP contribution in [0.5, 0.6) is 0 Å². The fourth-order valence-electron chi connectivity index (χ4n) is 0.982. The molecule has 0 radical (unpaired) electrons. The molecular formula is C14H24O7. The first-order valence-electron chi connectivity index (χ1n) is 6.68. The molecule has 7 heteroatoms. The van der Waals surface area contributed by atoms with E-state index in [1.165, 1.54) is 0 Å². The molecule has 0 bridgehead atoms. The van der Waals surface area contributed by atoms with Crippen molar-refractivity contribution in [3.8, 4) is 0 Å². The molecule has 1 unspecified atom stereocenters. The van der Waals surface area contributed by atoms with Crippen molar-refractivity contribution in [2.75, 3.05) is 13.2 Å². The van der Waals surface area contributed by atoms with Crippen LogP contribution in [0.3, 0.4) is 0 Å².